The van der Waals surface area contributed by atoms with Crippen LogP contribution in [0.3, 0.4) is 0 Å². The predicted molar refractivity (Wildman–Crippen MR) is 104 cm³/mol. The Kier molecular flexibility index (Phi) is 7.54. The van der Waals surface area contributed by atoms with Gasteiger partial charge in [0.05, 0.1) is 27.0 Å². The molecule has 146 valence electrons. The second-order valence-corrected chi connectivity index (χ2v) is 6.16. The molecule has 1 aromatic carbocycles. The molecule has 0 aliphatic carbocycles. The highest BCUT2D eigenvalue weighted by Crippen LogP contribution is 2.25. The van der Waals surface area contributed by atoms with E-state index < -0.39 is 5.97 Å². The molecule has 9 heteroatoms. The third-order valence-electron chi connectivity index (χ3n) is 3.75. The summed E-state index contributed by atoms with van der Waals surface area (Å²) in [6.07, 6.45) is 3.25. The van der Waals surface area contributed by atoms with Crippen molar-refractivity contribution in [1.82, 2.24) is 9.55 Å². The van der Waals surface area contributed by atoms with E-state index in [1.54, 1.807) is 33.5 Å². The molecule has 0 bridgehead atoms. The number of ether oxygens (including phenoxy) is 3. The Morgan fingerprint density at radius 1 is 1.30 bits per heavy atom. The van der Waals surface area contributed by atoms with Crippen LogP contribution in [0, 0.1) is 0 Å². The Balaban J connectivity index is 2.24. The van der Waals surface area contributed by atoms with Gasteiger partial charge in [0.2, 0.25) is 0 Å². The van der Waals surface area contributed by atoms with E-state index in [1.807, 2.05) is 12.1 Å². The molecule has 8 nitrogen and oxygen atoms in total. The summed E-state index contributed by atoms with van der Waals surface area (Å²) in [4.78, 5) is 28.8. The molecule has 0 aliphatic heterocycles. The van der Waals surface area contributed by atoms with Crippen molar-refractivity contribution < 1.29 is 19.0 Å². The molecule has 0 amide bonds. The summed E-state index contributed by atoms with van der Waals surface area (Å²) in [7, 11) is 3.15. The molecule has 0 atom stereocenters. The van der Waals surface area contributed by atoms with Crippen molar-refractivity contribution >= 4 is 23.4 Å². The Labute approximate surface area is 161 Å². The van der Waals surface area contributed by atoms with Crippen LogP contribution in [0.5, 0.6) is 11.5 Å². The quantitative estimate of drug-likeness (QED) is 0.394. The lowest BCUT2D eigenvalue weighted by atomic mass is 10.2. The monoisotopic (exact) mass is 393 g/mol. The Morgan fingerprint density at radius 3 is 2.70 bits per heavy atom. The molecular weight excluding hydrogens is 370 g/mol. The van der Waals surface area contributed by atoms with E-state index in [2.05, 4.69) is 10.3 Å². The zero-order valence-electron chi connectivity index (χ0n) is 15.8. The molecule has 1 N–H and O–H groups in total. The average molecular weight is 393 g/mol. The summed E-state index contributed by atoms with van der Waals surface area (Å²) in [5, 5.41) is 3.51. The topological polar surface area (TPSA) is 91.7 Å². The number of carbonyl (C=O) groups is 1. The Morgan fingerprint density at radius 2 is 2.07 bits per heavy atom. The van der Waals surface area contributed by atoms with Crippen LogP contribution in [0.15, 0.2) is 34.3 Å². The molecule has 1 aromatic heterocycles. The summed E-state index contributed by atoms with van der Waals surface area (Å²) in [5.41, 5.74) is 0.799. The number of rotatable bonds is 9. The third-order valence-corrected chi connectivity index (χ3v) is 4.44. The number of anilines is 1. The van der Waals surface area contributed by atoms with Crippen LogP contribution in [0.25, 0.3) is 0 Å². The first-order valence-corrected chi connectivity index (χ1v) is 9.50. The van der Waals surface area contributed by atoms with Crippen LogP contribution < -0.4 is 20.3 Å². The SMILES string of the molecule is CCOC(=O)Cn1c(SC)ncc(NCc2ccc(OC)cc2OC)c1=O. The summed E-state index contributed by atoms with van der Waals surface area (Å²) < 4.78 is 16.8. The number of methoxy groups -OCH3 is 2. The van der Waals surface area contributed by atoms with E-state index in [1.165, 1.54) is 22.5 Å². The largest absolute Gasteiger partial charge is 0.497 e. The van der Waals surface area contributed by atoms with E-state index >= 15 is 0 Å². The lowest BCUT2D eigenvalue weighted by Crippen LogP contribution is -2.29. The summed E-state index contributed by atoms with van der Waals surface area (Å²) in [5.74, 6) is 0.839. The molecule has 0 spiro atoms. The van der Waals surface area contributed by atoms with Gasteiger partial charge in [-0.1, -0.05) is 11.8 Å². The second kappa shape index (κ2) is 9.86. The number of hydrogen-bond donors (Lipinski definition) is 1. The molecule has 0 saturated heterocycles. The molecular formula is C18H23N3O5S. The van der Waals surface area contributed by atoms with Gasteiger partial charge in [0, 0.05) is 18.2 Å². The molecule has 0 fully saturated rings. The molecule has 2 aromatic rings. The van der Waals surface area contributed by atoms with Crippen molar-refractivity contribution in [2.24, 2.45) is 0 Å². The summed E-state index contributed by atoms with van der Waals surface area (Å²) in [6, 6.07) is 5.43. The number of carbonyl (C=O) groups excluding carboxylic acids is 1. The highest BCUT2D eigenvalue weighted by atomic mass is 32.2. The van der Waals surface area contributed by atoms with Crippen molar-refractivity contribution in [2.45, 2.75) is 25.2 Å². The van der Waals surface area contributed by atoms with Gasteiger partial charge in [-0.25, -0.2) is 4.98 Å². The Bertz CT molecular complexity index is 853. The molecule has 0 aliphatic rings. The third kappa shape index (κ3) is 5.16. The van der Waals surface area contributed by atoms with Gasteiger partial charge in [-0.15, -0.1) is 0 Å². The first kappa shape index (κ1) is 20.6. The van der Waals surface area contributed by atoms with Crippen molar-refractivity contribution in [2.75, 3.05) is 32.4 Å². The van der Waals surface area contributed by atoms with Gasteiger partial charge in [-0.05, 0) is 25.3 Å². The fraction of sp³-hybridized carbons (Fsp3) is 0.389. The highest BCUT2D eigenvalue weighted by Gasteiger charge is 2.14. The fourth-order valence-corrected chi connectivity index (χ4v) is 2.95. The highest BCUT2D eigenvalue weighted by molar-refractivity contribution is 7.98. The standard InChI is InChI=1S/C18H23N3O5S/c1-5-26-16(22)11-21-17(23)14(10-20-18(21)27-4)19-9-12-6-7-13(24-2)8-15(12)25-3/h6-8,10,19H,5,9,11H2,1-4H3. The lowest BCUT2D eigenvalue weighted by Gasteiger charge is -2.14. The number of nitrogens with zero attached hydrogens (tertiary/aromatic N) is 2. The van der Waals surface area contributed by atoms with Gasteiger partial charge in [0.15, 0.2) is 5.16 Å². The predicted octanol–water partition coefficient (Wildman–Crippen LogP) is 2.16. The maximum Gasteiger partial charge on any atom is 0.326 e. The van der Waals surface area contributed by atoms with Crippen LogP contribution in [-0.2, 0) is 22.6 Å². The zero-order valence-corrected chi connectivity index (χ0v) is 16.6. The minimum atomic E-state index is -0.481. The van der Waals surface area contributed by atoms with E-state index in [-0.39, 0.29) is 24.4 Å². The fourth-order valence-electron chi connectivity index (χ4n) is 2.42. The molecule has 1 heterocycles. The van der Waals surface area contributed by atoms with Crippen LogP contribution in [-0.4, -0.2) is 42.6 Å². The van der Waals surface area contributed by atoms with E-state index in [0.717, 1.165) is 5.56 Å². The molecule has 0 radical (unpaired) electrons. The van der Waals surface area contributed by atoms with Crippen molar-refractivity contribution in [3.63, 3.8) is 0 Å². The first-order valence-electron chi connectivity index (χ1n) is 8.28. The van der Waals surface area contributed by atoms with Gasteiger partial charge in [-0.3, -0.25) is 14.2 Å². The average Bonchev–Trinajstić information content (AvgIpc) is 2.68. The maximum absolute atomic E-state index is 12.8. The number of aromatic nitrogens is 2. The van der Waals surface area contributed by atoms with Crippen LogP contribution in [0.2, 0.25) is 0 Å². The smallest absolute Gasteiger partial charge is 0.326 e. The number of hydrogen-bond acceptors (Lipinski definition) is 8. The van der Waals surface area contributed by atoms with Gasteiger partial charge < -0.3 is 19.5 Å². The normalized spacial score (nSPS) is 10.4. The molecule has 0 unspecified atom stereocenters. The summed E-state index contributed by atoms with van der Waals surface area (Å²) >= 11 is 1.29. The van der Waals surface area contributed by atoms with Crippen LogP contribution in [0.4, 0.5) is 5.69 Å². The van der Waals surface area contributed by atoms with Crippen molar-refractivity contribution in [3.05, 3.63) is 40.3 Å². The lowest BCUT2D eigenvalue weighted by molar-refractivity contribution is -0.144. The van der Waals surface area contributed by atoms with E-state index in [0.29, 0.717) is 23.2 Å². The van der Waals surface area contributed by atoms with Gasteiger partial charge >= 0.3 is 5.97 Å². The van der Waals surface area contributed by atoms with Gasteiger partial charge in [-0.2, -0.15) is 0 Å². The van der Waals surface area contributed by atoms with Crippen molar-refractivity contribution in [3.8, 4) is 11.5 Å². The van der Waals surface area contributed by atoms with Crippen LogP contribution in [0.1, 0.15) is 12.5 Å². The minimum Gasteiger partial charge on any atom is -0.497 e. The van der Waals surface area contributed by atoms with E-state index in [4.69, 9.17) is 14.2 Å². The first-order chi connectivity index (χ1) is 13.0. The number of benzene rings is 1. The van der Waals surface area contributed by atoms with Crippen LogP contribution >= 0.6 is 11.8 Å². The van der Waals surface area contributed by atoms with E-state index in [9.17, 15) is 9.59 Å². The Hall–Kier alpha value is -2.68. The minimum absolute atomic E-state index is 0.183. The van der Waals surface area contributed by atoms with Crippen molar-refractivity contribution in [1.29, 1.82) is 0 Å². The molecule has 0 saturated carbocycles. The number of nitrogens with one attached hydrogen (secondary N) is 1. The van der Waals surface area contributed by atoms with Gasteiger partial charge in [0.1, 0.15) is 23.7 Å². The maximum atomic E-state index is 12.8. The second-order valence-electron chi connectivity index (χ2n) is 5.39. The number of esters is 1. The molecule has 27 heavy (non-hydrogen) atoms. The number of thioether (sulfide) groups is 1. The summed E-state index contributed by atoms with van der Waals surface area (Å²) in [6.45, 7) is 2.14. The molecule has 2 rings (SSSR count). The zero-order chi connectivity index (χ0) is 19.8. The van der Waals surface area contributed by atoms with Gasteiger partial charge in [0.25, 0.3) is 5.56 Å².